The van der Waals surface area contributed by atoms with E-state index in [9.17, 15) is 13.2 Å². The van der Waals surface area contributed by atoms with E-state index in [2.05, 4.69) is 10.3 Å². The summed E-state index contributed by atoms with van der Waals surface area (Å²) in [7, 11) is 0. The van der Waals surface area contributed by atoms with Gasteiger partial charge in [-0.3, -0.25) is 0 Å². The number of pyridine rings is 1. The Morgan fingerprint density at radius 3 is 2.19 bits per heavy atom. The van der Waals surface area contributed by atoms with Crippen molar-refractivity contribution in [3.05, 3.63) is 58.4 Å². The number of nitrogens with one attached hydrogen (secondary N) is 1. The van der Waals surface area contributed by atoms with Crippen LogP contribution in [0.4, 0.5) is 18.9 Å². The quantitative estimate of drug-likeness (QED) is 0.754. The largest absolute Gasteiger partial charge is 0.438 e. The maximum Gasteiger partial charge on any atom is 0.417 e. The highest BCUT2D eigenvalue weighted by Gasteiger charge is 2.31. The molecule has 1 aromatic heterocycles. The molecule has 6 nitrogen and oxygen atoms in total. The first-order valence-electron chi connectivity index (χ1n) is 7.00. The van der Waals surface area contributed by atoms with Gasteiger partial charge in [0.2, 0.25) is 5.88 Å². The number of allylic oxidation sites excluding steroid dienone is 2. The Morgan fingerprint density at radius 1 is 1.07 bits per heavy atom. The van der Waals surface area contributed by atoms with Crippen LogP contribution in [-0.4, -0.2) is 4.98 Å². The maximum atomic E-state index is 12.6. The summed E-state index contributed by atoms with van der Waals surface area (Å²) in [5, 5.41) is 28.8. The summed E-state index contributed by atoms with van der Waals surface area (Å²) in [5.74, 6) is 0.0113. The van der Waals surface area contributed by atoms with Crippen LogP contribution < -0.4 is 10.1 Å². The van der Waals surface area contributed by atoms with E-state index in [0.717, 1.165) is 0 Å². The lowest BCUT2D eigenvalue weighted by atomic mass is 10.2. The number of nitriles is 3. The fourth-order valence-electron chi connectivity index (χ4n) is 1.80. The highest BCUT2D eigenvalue weighted by molar-refractivity contribution is 6.31. The van der Waals surface area contributed by atoms with Gasteiger partial charge in [-0.15, -0.1) is 0 Å². The summed E-state index contributed by atoms with van der Waals surface area (Å²) >= 11 is 5.77. The van der Waals surface area contributed by atoms with Crippen LogP contribution >= 0.6 is 11.6 Å². The van der Waals surface area contributed by atoms with Crippen molar-refractivity contribution >= 4 is 17.3 Å². The first-order chi connectivity index (χ1) is 12.8. The molecule has 134 valence electrons. The topological polar surface area (TPSA) is 106 Å². The molecule has 1 aromatic carbocycles. The molecule has 2 rings (SSSR count). The Balaban J connectivity index is 2.18. The van der Waals surface area contributed by atoms with Crippen molar-refractivity contribution in [2.45, 2.75) is 6.18 Å². The molecular formula is C17H7ClF3N5O. The van der Waals surface area contributed by atoms with Gasteiger partial charge in [-0.1, -0.05) is 11.6 Å². The van der Waals surface area contributed by atoms with Gasteiger partial charge in [0.15, 0.2) is 5.57 Å². The van der Waals surface area contributed by atoms with Crippen LogP contribution in [0.2, 0.25) is 5.02 Å². The second-order valence-electron chi connectivity index (χ2n) is 4.85. The molecule has 0 atom stereocenters. The molecule has 0 saturated heterocycles. The minimum absolute atomic E-state index is 0.209. The Hall–Kier alpha value is -3.74. The predicted octanol–water partition coefficient (Wildman–Crippen LogP) is 4.78. The van der Waals surface area contributed by atoms with Crippen molar-refractivity contribution in [2.24, 2.45) is 0 Å². The Morgan fingerprint density at radius 2 is 1.70 bits per heavy atom. The monoisotopic (exact) mass is 389 g/mol. The van der Waals surface area contributed by atoms with Gasteiger partial charge < -0.3 is 10.1 Å². The molecule has 0 radical (unpaired) electrons. The van der Waals surface area contributed by atoms with Crippen molar-refractivity contribution < 1.29 is 17.9 Å². The molecule has 0 aliphatic rings. The zero-order chi connectivity index (χ0) is 20.0. The molecule has 0 unspecified atom stereocenters. The average Bonchev–Trinajstić information content (AvgIpc) is 2.64. The van der Waals surface area contributed by atoms with Gasteiger partial charge in [0, 0.05) is 11.9 Å². The number of nitrogens with zero attached hydrogens (tertiary/aromatic N) is 4. The van der Waals surface area contributed by atoms with Gasteiger partial charge in [0.1, 0.15) is 34.7 Å². The van der Waals surface area contributed by atoms with Crippen molar-refractivity contribution in [1.82, 2.24) is 4.98 Å². The normalized spacial score (nSPS) is 10.1. The Bertz CT molecular complexity index is 995. The third kappa shape index (κ3) is 4.88. The van der Waals surface area contributed by atoms with Gasteiger partial charge in [-0.2, -0.15) is 29.0 Å². The second-order valence-corrected chi connectivity index (χ2v) is 5.25. The fraction of sp³-hybridized carbons (Fsp3) is 0.0588. The number of hydrogen-bond acceptors (Lipinski definition) is 6. The van der Waals surface area contributed by atoms with Crippen LogP contribution in [0.5, 0.6) is 11.6 Å². The first-order valence-corrected chi connectivity index (χ1v) is 7.38. The minimum atomic E-state index is -4.57. The van der Waals surface area contributed by atoms with Crippen molar-refractivity contribution in [2.75, 3.05) is 5.32 Å². The fourth-order valence-corrected chi connectivity index (χ4v) is 2.01. The number of hydrogen-bond donors (Lipinski definition) is 1. The first kappa shape index (κ1) is 19.6. The molecule has 2 aromatic rings. The third-order valence-electron chi connectivity index (χ3n) is 3.06. The van der Waals surface area contributed by atoms with E-state index in [1.165, 1.54) is 24.3 Å². The molecule has 0 fully saturated rings. The highest BCUT2D eigenvalue weighted by atomic mass is 35.5. The molecule has 0 bridgehead atoms. The standard InChI is InChI=1S/C17H7ClF3N5O/c18-14-5-11(17(19,20)21)9-25-16(14)27-13-3-1-12(2-4-13)26-15(8-24)10(6-22)7-23/h1-5,9,26H. The number of anilines is 1. The molecule has 0 aliphatic heterocycles. The number of halogens is 4. The Labute approximate surface area is 156 Å². The lowest BCUT2D eigenvalue weighted by Crippen LogP contribution is -2.05. The van der Waals surface area contributed by atoms with Crippen LogP contribution in [0.25, 0.3) is 0 Å². The van der Waals surface area contributed by atoms with Crippen LogP contribution in [0.3, 0.4) is 0 Å². The van der Waals surface area contributed by atoms with Gasteiger partial charge in [0.25, 0.3) is 0 Å². The summed E-state index contributed by atoms with van der Waals surface area (Å²) in [4.78, 5) is 3.56. The van der Waals surface area contributed by atoms with E-state index in [0.29, 0.717) is 18.0 Å². The van der Waals surface area contributed by atoms with Crippen LogP contribution in [-0.2, 0) is 6.18 Å². The van der Waals surface area contributed by atoms with E-state index in [1.54, 1.807) is 18.2 Å². The van der Waals surface area contributed by atoms with Crippen LogP contribution in [0.15, 0.2) is 47.8 Å². The summed E-state index contributed by atoms with van der Waals surface area (Å²) in [6.07, 6.45) is -3.97. The van der Waals surface area contributed by atoms with E-state index < -0.39 is 11.7 Å². The third-order valence-corrected chi connectivity index (χ3v) is 3.33. The van der Waals surface area contributed by atoms with Gasteiger partial charge in [0.05, 0.1) is 5.56 Å². The van der Waals surface area contributed by atoms with Gasteiger partial charge in [-0.05, 0) is 30.3 Å². The second kappa shape index (κ2) is 8.09. The molecule has 10 heteroatoms. The zero-order valence-corrected chi connectivity index (χ0v) is 13.9. The summed E-state index contributed by atoms with van der Waals surface area (Å²) in [6.45, 7) is 0. The number of ether oxygens (including phenoxy) is 1. The number of alkyl halides is 3. The van der Waals surface area contributed by atoms with Gasteiger partial charge in [-0.25, -0.2) is 4.98 Å². The van der Waals surface area contributed by atoms with Crippen LogP contribution in [0.1, 0.15) is 5.56 Å². The zero-order valence-electron chi connectivity index (χ0n) is 13.2. The molecule has 1 heterocycles. The number of aromatic nitrogens is 1. The minimum Gasteiger partial charge on any atom is -0.438 e. The summed E-state index contributed by atoms with van der Waals surface area (Å²) in [5.41, 5.74) is -1.21. The molecule has 1 N–H and O–H groups in total. The van der Waals surface area contributed by atoms with E-state index in [-0.39, 0.29) is 27.9 Å². The lowest BCUT2D eigenvalue weighted by molar-refractivity contribution is -0.137. The van der Waals surface area contributed by atoms with Crippen molar-refractivity contribution in [1.29, 1.82) is 15.8 Å². The van der Waals surface area contributed by atoms with Crippen molar-refractivity contribution in [3.63, 3.8) is 0 Å². The van der Waals surface area contributed by atoms with E-state index in [1.807, 2.05) is 0 Å². The Kier molecular flexibility index (Phi) is 5.87. The SMILES string of the molecule is N#CC(C#N)=C(C#N)Nc1ccc(Oc2ncc(C(F)(F)F)cc2Cl)cc1. The number of benzene rings is 1. The molecule has 0 saturated carbocycles. The smallest absolute Gasteiger partial charge is 0.417 e. The van der Waals surface area contributed by atoms with Gasteiger partial charge >= 0.3 is 6.18 Å². The number of rotatable bonds is 4. The predicted molar refractivity (Wildman–Crippen MR) is 88.3 cm³/mol. The molecular weight excluding hydrogens is 383 g/mol. The van der Waals surface area contributed by atoms with Crippen molar-refractivity contribution in [3.8, 4) is 29.8 Å². The highest BCUT2D eigenvalue weighted by Crippen LogP contribution is 2.34. The molecule has 0 amide bonds. The summed E-state index contributed by atoms with van der Waals surface area (Å²) in [6, 6.07) is 11.4. The van der Waals surface area contributed by atoms with E-state index >= 15 is 0 Å². The van der Waals surface area contributed by atoms with Crippen LogP contribution in [0, 0.1) is 34.0 Å². The molecule has 27 heavy (non-hydrogen) atoms. The lowest BCUT2D eigenvalue weighted by Gasteiger charge is -2.10. The average molecular weight is 390 g/mol. The van der Waals surface area contributed by atoms with E-state index in [4.69, 9.17) is 32.1 Å². The maximum absolute atomic E-state index is 12.6. The summed E-state index contributed by atoms with van der Waals surface area (Å²) < 4.78 is 43.1. The molecule has 0 aliphatic carbocycles. The molecule has 0 spiro atoms.